The molecule has 15 heteroatoms. The molecule has 2 amide bonds. The Labute approximate surface area is 328 Å². The van der Waals surface area contributed by atoms with Crippen molar-refractivity contribution < 1.29 is 63.7 Å². The van der Waals surface area contributed by atoms with Crippen molar-refractivity contribution in [3.63, 3.8) is 0 Å². The average molecular weight is 791 g/mol. The fourth-order valence-electron chi connectivity index (χ4n) is 6.40. The number of hydrogen-bond donors (Lipinski definition) is 7. The van der Waals surface area contributed by atoms with E-state index in [1.807, 2.05) is 69.2 Å². The molecule has 0 saturated carbocycles. The van der Waals surface area contributed by atoms with Gasteiger partial charge in [0, 0.05) is 0 Å². The third-order valence-electron chi connectivity index (χ3n) is 10.3. The molecule has 0 radical (unpaired) electrons. The van der Waals surface area contributed by atoms with Crippen molar-refractivity contribution in [3.8, 4) is 0 Å². The van der Waals surface area contributed by atoms with Gasteiger partial charge < -0.3 is 55.1 Å². The number of carbonyl (C=O) groups is 4. The molecule has 1 aliphatic heterocycles. The maximum absolute atomic E-state index is 13.6. The predicted molar refractivity (Wildman–Crippen MR) is 205 cm³/mol. The van der Waals surface area contributed by atoms with Gasteiger partial charge in [0.25, 0.3) is 0 Å². The number of rotatable bonds is 25. The van der Waals surface area contributed by atoms with Crippen LogP contribution >= 0.6 is 0 Å². The van der Waals surface area contributed by atoms with Crippen molar-refractivity contribution in [3.05, 3.63) is 0 Å². The van der Waals surface area contributed by atoms with E-state index < -0.39 is 91.5 Å². The van der Waals surface area contributed by atoms with E-state index in [9.17, 15) is 44.7 Å². The third-order valence-corrected chi connectivity index (χ3v) is 10.3. The second kappa shape index (κ2) is 23.7. The first kappa shape index (κ1) is 50.6. The Morgan fingerprint density at radius 1 is 0.691 bits per heavy atom. The van der Waals surface area contributed by atoms with Gasteiger partial charge in [-0.15, -0.1) is 0 Å². The minimum absolute atomic E-state index is 0.0277. The van der Waals surface area contributed by atoms with E-state index in [1.165, 1.54) is 0 Å². The first-order valence-corrected chi connectivity index (χ1v) is 20.0. The molecule has 10 unspecified atom stereocenters. The Morgan fingerprint density at radius 3 is 1.69 bits per heavy atom. The average Bonchev–Trinajstić information content (AvgIpc) is 3.06. The van der Waals surface area contributed by atoms with Gasteiger partial charge in [0.05, 0.1) is 50.7 Å². The lowest BCUT2D eigenvalue weighted by atomic mass is 9.83. The van der Waals surface area contributed by atoms with Crippen LogP contribution in [0.4, 0.5) is 0 Å². The van der Waals surface area contributed by atoms with Gasteiger partial charge in [-0.3, -0.25) is 19.2 Å². The highest BCUT2D eigenvalue weighted by molar-refractivity contribution is 5.88. The van der Waals surface area contributed by atoms with Crippen LogP contribution in [-0.2, 0) is 38.1 Å². The van der Waals surface area contributed by atoms with Crippen molar-refractivity contribution >= 4 is 23.8 Å². The molecule has 1 heterocycles. The Kier molecular flexibility index (Phi) is 21.8. The molecule has 0 aromatic carbocycles. The quantitative estimate of drug-likeness (QED) is 0.0661. The maximum atomic E-state index is 13.6. The number of nitrogens with one attached hydrogen (secondary N) is 2. The van der Waals surface area contributed by atoms with Gasteiger partial charge in [0.1, 0.15) is 36.6 Å². The van der Waals surface area contributed by atoms with Crippen LogP contribution in [0.1, 0.15) is 134 Å². The Balaban J connectivity index is 3.11. The summed E-state index contributed by atoms with van der Waals surface area (Å²) in [4.78, 5) is 52.9. The van der Waals surface area contributed by atoms with Crippen LogP contribution < -0.4 is 10.6 Å². The number of amides is 2. The van der Waals surface area contributed by atoms with Gasteiger partial charge in [-0.25, -0.2) is 0 Å². The zero-order valence-electron chi connectivity index (χ0n) is 35.2. The van der Waals surface area contributed by atoms with Crippen LogP contribution in [0.2, 0.25) is 0 Å². The summed E-state index contributed by atoms with van der Waals surface area (Å²) in [6.45, 7) is 20.2. The van der Waals surface area contributed by atoms with Crippen LogP contribution in [0.15, 0.2) is 0 Å². The summed E-state index contributed by atoms with van der Waals surface area (Å²) in [5, 5.41) is 55.7. The van der Waals surface area contributed by atoms with Gasteiger partial charge in [-0.2, -0.15) is 0 Å². The Morgan fingerprint density at radius 2 is 1.20 bits per heavy atom. The molecule has 0 aromatic heterocycles. The largest absolute Gasteiger partial charge is 0.462 e. The highest BCUT2D eigenvalue weighted by Gasteiger charge is 2.44. The summed E-state index contributed by atoms with van der Waals surface area (Å²) >= 11 is 0. The van der Waals surface area contributed by atoms with Crippen LogP contribution in [0.5, 0.6) is 0 Å². The van der Waals surface area contributed by atoms with Crippen molar-refractivity contribution in [2.45, 2.75) is 195 Å². The van der Waals surface area contributed by atoms with Crippen LogP contribution in [-0.4, -0.2) is 124 Å². The second-order valence-electron chi connectivity index (χ2n) is 17.7. The van der Waals surface area contributed by atoms with Crippen molar-refractivity contribution in [1.29, 1.82) is 0 Å². The lowest BCUT2D eigenvalue weighted by Crippen LogP contribution is -2.58. The fourth-order valence-corrected chi connectivity index (χ4v) is 6.40. The summed E-state index contributed by atoms with van der Waals surface area (Å²) in [7, 11) is 0. The van der Waals surface area contributed by atoms with Crippen molar-refractivity contribution in [2.24, 2.45) is 22.7 Å². The van der Waals surface area contributed by atoms with E-state index >= 15 is 0 Å². The predicted octanol–water partition coefficient (Wildman–Crippen LogP) is 2.89. The molecule has 1 fully saturated rings. The molecule has 322 valence electrons. The highest BCUT2D eigenvalue weighted by atomic mass is 16.7. The monoisotopic (exact) mass is 791 g/mol. The van der Waals surface area contributed by atoms with Gasteiger partial charge in [0.15, 0.2) is 6.29 Å². The van der Waals surface area contributed by atoms with E-state index in [-0.39, 0.29) is 48.5 Å². The SMILES string of the molecule is CCC(C)(C)CC(CC(=O)OC(CC(=O)NC(CO)C(=O)NC(CO)CC(C)C)CC(C)C)OC(=O)CC(CC(C)(C)CC)OC1OC(C)C(O)C(O)C1O. The number of carbonyl (C=O) groups excluding carboxylic acids is 4. The van der Waals surface area contributed by atoms with Crippen LogP contribution in [0.3, 0.4) is 0 Å². The molecule has 55 heavy (non-hydrogen) atoms. The first-order chi connectivity index (χ1) is 25.5. The van der Waals surface area contributed by atoms with Crippen LogP contribution in [0, 0.1) is 22.7 Å². The molecule has 0 aliphatic carbocycles. The standard InChI is InChI=1S/C40H74N2O13/c1-12-39(8,9)19-28(54-33(47)18-29(20-40(10,11)13-2)55-38-36(50)35(49)34(48)25(7)52-38)17-32(46)53-27(15-24(5)6)16-31(45)42-30(22-44)37(51)41-26(21-43)14-23(3)4/h23-30,34-36,38,43-44,48-50H,12-22H2,1-11H3,(H,41,51)(H,42,45). The van der Waals surface area contributed by atoms with Gasteiger partial charge in [-0.05, 0) is 55.3 Å². The Hall–Kier alpha value is -2.40. The Bertz CT molecular complexity index is 1180. The molecular formula is C40H74N2O13. The first-order valence-electron chi connectivity index (χ1n) is 20.0. The molecule has 1 rings (SSSR count). The van der Waals surface area contributed by atoms with E-state index in [4.69, 9.17) is 18.9 Å². The number of esters is 2. The molecule has 0 spiro atoms. The molecule has 0 aromatic rings. The van der Waals surface area contributed by atoms with E-state index in [2.05, 4.69) is 10.6 Å². The van der Waals surface area contributed by atoms with E-state index in [1.54, 1.807) is 6.92 Å². The summed E-state index contributed by atoms with van der Waals surface area (Å²) in [6.07, 6.45) is -6.86. The molecule has 15 nitrogen and oxygen atoms in total. The summed E-state index contributed by atoms with van der Waals surface area (Å²) in [6, 6.07) is -1.81. The zero-order chi connectivity index (χ0) is 42.3. The highest BCUT2D eigenvalue weighted by Crippen LogP contribution is 2.33. The van der Waals surface area contributed by atoms with Gasteiger partial charge in [-0.1, -0.05) is 82.1 Å². The van der Waals surface area contributed by atoms with Gasteiger partial charge in [0.2, 0.25) is 11.8 Å². The summed E-state index contributed by atoms with van der Waals surface area (Å²) < 4.78 is 23.5. The number of hydrogen-bond acceptors (Lipinski definition) is 13. The lowest BCUT2D eigenvalue weighted by Gasteiger charge is -2.41. The number of aliphatic hydroxyl groups is 5. The third kappa shape index (κ3) is 19.1. The van der Waals surface area contributed by atoms with Crippen molar-refractivity contribution in [1.82, 2.24) is 10.6 Å². The summed E-state index contributed by atoms with van der Waals surface area (Å²) in [5.41, 5.74) is -0.601. The smallest absolute Gasteiger partial charge is 0.309 e. The lowest BCUT2D eigenvalue weighted by molar-refractivity contribution is -0.306. The molecule has 10 atom stereocenters. The molecular weight excluding hydrogens is 716 g/mol. The molecule has 1 aliphatic rings. The maximum Gasteiger partial charge on any atom is 0.309 e. The van der Waals surface area contributed by atoms with Crippen molar-refractivity contribution in [2.75, 3.05) is 13.2 Å². The fraction of sp³-hybridized carbons (Fsp3) is 0.900. The topological polar surface area (TPSA) is 230 Å². The second-order valence-corrected chi connectivity index (χ2v) is 17.7. The number of ether oxygens (including phenoxy) is 4. The molecule has 7 N–H and O–H groups in total. The minimum atomic E-state index is -1.55. The zero-order valence-corrected chi connectivity index (χ0v) is 35.2. The summed E-state index contributed by atoms with van der Waals surface area (Å²) in [5.74, 6) is -2.37. The normalized spacial score (nSPS) is 23.4. The van der Waals surface area contributed by atoms with Gasteiger partial charge >= 0.3 is 11.9 Å². The van der Waals surface area contributed by atoms with E-state index in [0.29, 0.717) is 25.7 Å². The molecule has 0 bridgehead atoms. The van der Waals surface area contributed by atoms with Crippen LogP contribution in [0.25, 0.3) is 0 Å². The van der Waals surface area contributed by atoms with E-state index in [0.717, 1.165) is 12.8 Å². The molecule has 1 saturated heterocycles. The minimum Gasteiger partial charge on any atom is -0.462 e. The number of aliphatic hydroxyl groups excluding tert-OH is 5.